The normalized spacial score (nSPS) is 17.1. The van der Waals surface area contributed by atoms with Gasteiger partial charge in [-0.2, -0.15) is 0 Å². The van der Waals surface area contributed by atoms with E-state index in [1.807, 2.05) is 12.1 Å². The van der Waals surface area contributed by atoms with Crippen molar-refractivity contribution in [1.29, 1.82) is 0 Å². The summed E-state index contributed by atoms with van der Waals surface area (Å²) in [5.74, 6) is 2.51. The Morgan fingerprint density at radius 2 is 2.00 bits per heavy atom. The third-order valence-corrected chi connectivity index (χ3v) is 4.36. The number of nitrogens with zero attached hydrogens (tertiary/aromatic N) is 2. The van der Waals surface area contributed by atoms with Crippen molar-refractivity contribution in [2.75, 3.05) is 5.73 Å². The second-order valence-corrected chi connectivity index (χ2v) is 6.52. The largest absolute Gasteiger partial charge is 0.397 e. The Labute approximate surface area is 121 Å². The summed E-state index contributed by atoms with van der Waals surface area (Å²) in [5, 5.41) is 0. The topological polar surface area (TPSA) is 43.8 Å². The Bertz CT molecular complexity index is 592. The molecular weight excluding hydrogens is 246 g/mol. The van der Waals surface area contributed by atoms with E-state index in [1.54, 1.807) is 0 Å². The van der Waals surface area contributed by atoms with Gasteiger partial charge in [0.15, 0.2) is 0 Å². The maximum Gasteiger partial charge on any atom is 0.113 e. The fraction of sp³-hybridized carbons (Fsp3) is 0.588. The molecular formula is C17H25N3. The lowest BCUT2D eigenvalue weighted by atomic mass is 9.88. The quantitative estimate of drug-likeness (QED) is 0.845. The molecule has 1 heterocycles. The molecule has 0 radical (unpaired) electrons. The molecule has 0 bridgehead atoms. The fourth-order valence-electron chi connectivity index (χ4n) is 3.42. The molecule has 1 aliphatic carbocycles. The van der Waals surface area contributed by atoms with Crippen LogP contribution in [0.5, 0.6) is 0 Å². The van der Waals surface area contributed by atoms with Crippen molar-refractivity contribution in [2.24, 2.45) is 5.92 Å². The van der Waals surface area contributed by atoms with Gasteiger partial charge in [-0.25, -0.2) is 4.98 Å². The molecule has 0 atom stereocenters. The monoisotopic (exact) mass is 271 g/mol. The van der Waals surface area contributed by atoms with Crippen molar-refractivity contribution in [1.82, 2.24) is 9.55 Å². The minimum absolute atomic E-state index is 0.620. The van der Waals surface area contributed by atoms with Crippen LogP contribution in [0.4, 0.5) is 5.69 Å². The predicted octanol–water partition coefficient (Wildman–Crippen LogP) is 4.32. The summed E-state index contributed by atoms with van der Waals surface area (Å²) in [5.41, 5.74) is 9.13. The maximum absolute atomic E-state index is 6.12. The van der Waals surface area contributed by atoms with E-state index in [1.165, 1.54) is 43.4 Å². The first-order valence-corrected chi connectivity index (χ1v) is 7.91. The van der Waals surface area contributed by atoms with Crippen LogP contribution in [0.3, 0.4) is 0 Å². The number of rotatable bonds is 3. The van der Waals surface area contributed by atoms with E-state index >= 15 is 0 Å². The molecule has 1 aromatic heterocycles. The molecule has 0 spiro atoms. The summed E-state index contributed by atoms with van der Waals surface area (Å²) in [4.78, 5) is 4.93. The SMILES string of the molecule is CC(C)Cn1c(C2CCCCC2)nc2c(N)cccc21. The number of benzene rings is 1. The van der Waals surface area contributed by atoms with Gasteiger partial charge in [-0.3, -0.25) is 0 Å². The number of fused-ring (bicyclic) bond motifs is 1. The zero-order valence-corrected chi connectivity index (χ0v) is 12.6. The van der Waals surface area contributed by atoms with E-state index in [-0.39, 0.29) is 0 Å². The van der Waals surface area contributed by atoms with Gasteiger partial charge in [-0.05, 0) is 30.9 Å². The number of hydrogen-bond donors (Lipinski definition) is 1. The molecule has 1 aliphatic rings. The molecule has 0 unspecified atom stereocenters. The van der Waals surface area contributed by atoms with Crippen LogP contribution in [0.1, 0.15) is 57.7 Å². The highest BCUT2D eigenvalue weighted by Gasteiger charge is 2.23. The number of nitrogen functional groups attached to an aromatic ring is 1. The minimum atomic E-state index is 0.620. The lowest BCUT2D eigenvalue weighted by Gasteiger charge is -2.23. The molecule has 2 N–H and O–H groups in total. The van der Waals surface area contributed by atoms with Crippen LogP contribution in [0.15, 0.2) is 18.2 Å². The van der Waals surface area contributed by atoms with E-state index in [0.717, 1.165) is 17.7 Å². The van der Waals surface area contributed by atoms with E-state index in [9.17, 15) is 0 Å². The molecule has 2 aromatic rings. The summed E-state index contributed by atoms with van der Waals surface area (Å²) >= 11 is 0. The van der Waals surface area contributed by atoms with Crippen LogP contribution in [0, 0.1) is 5.92 Å². The third-order valence-electron chi connectivity index (χ3n) is 4.36. The van der Waals surface area contributed by atoms with Crippen molar-refractivity contribution < 1.29 is 0 Å². The summed E-state index contributed by atoms with van der Waals surface area (Å²) in [6.07, 6.45) is 6.61. The van der Waals surface area contributed by atoms with E-state index in [0.29, 0.717) is 11.8 Å². The molecule has 20 heavy (non-hydrogen) atoms. The molecule has 1 aromatic carbocycles. The number of anilines is 1. The number of hydrogen-bond acceptors (Lipinski definition) is 2. The van der Waals surface area contributed by atoms with Gasteiger partial charge in [-0.1, -0.05) is 39.2 Å². The average Bonchev–Trinajstić information content (AvgIpc) is 2.80. The second-order valence-electron chi connectivity index (χ2n) is 6.52. The predicted molar refractivity (Wildman–Crippen MR) is 84.8 cm³/mol. The maximum atomic E-state index is 6.12. The molecule has 1 saturated carbocycles. The van der Waals surface area contributed by atoms with Crippen LogP contribution in [0.2, 0.25) is 0 Å². The number of aromatic nitrogens is 2. The highest BCUT2D eigenvalue weighted by atomic mass is 15.1. The Hall–Kier alpha value is -1.51. The van der Waals surface area contributed by atoms with E-state index in [2.05, 4.69) is 24.5 Å². The standard InChI is InChI=1S/C17H25N3/c1-12(2)11-20-15-10-6-9-14(18)16(15)19-17(20)13-7-4-3-5-8-13/h6,9-10,12-13H,3-5,7-8,11,18H2,1-2H3. The van der Waals surface area contributed by atoms with Gasteiger partial charge in [0.25, 0.3) is 0 Å². The first kappa shape index (κ1) is 13.5. The molecule has 1 fully saturated rings. The smallest absolute Gasteiger partial charge is 0.113 e. The summed E-state index contributed by atoms with van der Waals surface area (Å²) in [6, 6.07) is 6.16. The fourth-order valence-corrected chi connectivity index (χ4v) is 3.42. The Kier molecular flexibility index (Phi) is 3.68. The average molecular weight is 271 g/mol. The summed E-state index contributed by atoms with van der Waals surface area (Å²) in [7, 11) is 0. The molecule has 3 rings (SSSR count). The number of nitrogens with two attached hydrogens (primary N) is 1. The van der Waals surface area contributed by atoms with Crippen LogP contribution >= 0.6 is 0 Å². The van der Waals surface area contributed by atoms with Crippen molar-refractivity contribution in [3.63, 3.8) is 0 Å². The van der Waals surface area contributed by atoms with Crippen LogP contribution in [-0.2, 0) is 6.54 Å². The lowest BCUT2D eigenvalue weighted by Crippen LogP contribution is -2.14. The van der Waals surface area contributed by atoms with Crippen molar-refractivity contribution in [2.45, 2.75) is 58.4 Å². The first-order valence-electron chi connectivity index (χ1n) is 7.91. The van der Waals surface area contributed by atoms with Gasteiger partial charge in [0.05, 0.1) is 11.2 Å². The number of para-hydroxylation sites is 1. The first-order chi connectivity index (χ1) is 9.66. The summed E-state index contributed by atoms with van der Waals surface area (Å²) in [6.45, 7) is 5.57. The van der Waals surface area contributed by atoms with Crippen molar-refractivity contribution in [3.8, 4) is 0 Å². The third kappa shape index (κ3) is 2.41. The zero-order valence-electron chi connectivity index (χ0n) is 12.6. The Morgan fingerprint density at radius 1 is 1.25 bits per heavy atom. The number of imidazole rings is 1. The van der Waals surface area contributed by atoms with Gasteiger partial charge in [0, 0.05) is 12.5 Å². The molecule has 0 aliphatic heterocycles. The highest BCUT2D eigenvalue weighted by Crippen LogP contribution is 2.35. The van der Waals surface area contributed by atoms with Gasteiger partial charge in [-0.15, -0.1) is 0 Å². The van der Waals surface area contributed by atoms with Crippen molar-refractivity contribution in [3.05, 3.63) is 24.0 Å². The van der Waals surface area contributed by atoms with Gasteiger partial charge in [0.1, 0.15) is 11.3 Å². The minimum Gasteiger partial charge on any atom is -0.397 e. The molecule has 3 heteroatoms. The van der Waals surface area contributed by atoms with Crippen LogP contribution in [-0.4, -0.2) is 9.55 Å². The Balaban J connectivity index is 2.10. The lowest BCUT2D eigenvalue weighted by molar-refractivity contribution is 0.406. The summed E-state index contributed by atoms with van der Waals surface area (Å²) < 4.78 is 2.42. The molecule has 0 amide bonds. The van der Waals surface area contributed by atoms with Gasteiger partial charge >= 0.3 is 0 Å². The van der Waals surface area contributed by atoms with Crippen LogP contribution < -0.4 is 5.73 Å². The molecule has 108 valence electrons. The van der Waals surface area contributed by atoms with Crippen LogP contribution in [0.25, 0.3) is 11.0 Å². The van der Waals surface area contributed by atoms with E-state index < -0.39 is 0 Å². The van der Waals surface area contributed by atoms with Gasteiger partial charge < -0.3 is 10.3 Å². The van der Waals surface area contributed by atoms with E-state index in [4.69, 9.17) is 10.7 Å². The Morgan fingerprint density at radius 3 is 2.70 bits per heavy atom. The second kappa shape index (κ2) is 5.47. The molecule has 3 nitrogen and oxygen atoms in total. The molecule has 0 saturated heterocycles. The highest BCUT2D eigenvalue weighted by molar-refractivity contribution is 5.87. The zero-order chi connectivity index (χ0) is 14.1. The van der Waals surface area contributed by atoms with Gasteiger partial charge in [0.2, 0.25) is 0 Å². The van der Waals surface area contributed by atoms with Crippen molar-refractivity contribution >= 4 is 16.7 Å².